The first-order valence-corrected chi connectivity index (χ1v) is 7.03. The first kappa shape index (κ1) is 15.0. The van der Waals surface area contributed by atoms with Crippen LogP contribution in [0.4, 0.5) is 0 Å². The normalized spacial score (nSPS) is 11.4. The number of nitrogens with zero attached hydrogens (tertiary/aromatic N) is 1. The number of rotatable bonds is 7. The second kappa shape index (κ2) is 6.75. The smallest absolute Gasteiger partial charge is 0.358 e. The Hall–Kier alpha value is -1.07. The molecule has 1 heterocycles. The minimum Gasteiger partial charge on any atom is -0.464 e. The van der Waals surface area contributed by atoms with E-state index in [1.165, 1.54) is 12.6 Å². The molecule has 0 aliphatic heterocycles. The van der Waals surface area contributed by atoms with E-state index in [4.69, 9.17) is 4.84 Å². The molecule has 0 aromatic carbocycles. The van der Waals surface area contributed by atoms with E-state index in [0.29, 0.717) is 0 Å². The fourth-order valence-electron chi connectivity index (χ4n) is 0.941. The highest BCUT2D eigenvalue weighted by Crippen LogP contribution is 2.20. The lowest BCUT2D eigenvalue weighted by Crippen LogP contribution is -2.26. The summed E-state index contributed by atoms with van der Waals surface area (Å²) in [6.45, 7) is 0.275. The maximum absolute atomic E-state index is 11.8. The van der Waals surface area contributed by atoms with Crippen LogP contribution < -0.4 is 4.89 Å². The number of hydrogen-bond acceptors (Lipinski definition) is 8. The maximum atomic E-state index is 11.8. The Balaban J connectivity index is 2.79. The number of ether oxygens (including phenoxy) is 2. The van der Waals surface area contributed by atoms with Crippen molar-refractivity contribution in [3.8, 4) is 0 Å². The zero-order valence-electron chi connectivity index (χ0n) is 9.70. The van der Waals surface area contributed by atoms with Crippen LogP contribution in [0.25, 0.3) is 0 Å². The van der Waals surface area contributed by atoms with Crippen molar-refractivity contribution in [1.29, 1.82) is 0 Å². The summed E-state index contributed by atoms with van der Waals surface area (Å²) < 4.78 is 32.4. The summed E-state index contributed by atoms with van der Waals surface area (Å²) in [4.78, 5) is 21.5. The fourth-order valence-corrected chi connectivity index (χ4v) is 2.89. The standard InChI is InChI=1S/C8H12N2O6S2/c1-14-3-4-16-10-18(12,13)8-6(7(11)15-2)9-5-17-8/h5,10H,3-4H2,1-2H3. The van der Waals surface area contributed by atoms with E-state index >= 15 is 0 Å². The number of sulfonamides is 1. The van der Waals surface area contributed by atoms with Gasteiger partial charge < -0.3 is 9.47 Å². The number of esters is 1. The van der Waals surface area contributed by atoms with Crippen molar-refractivity contribution in [1.82, 2.24) is 9.87 Å². The van der Waals surface area contributed by atoms with Gasteiger partial charge in [-0.2, -0.15) is 0 Å². The molecule has 0 spiro atoms. The van der Waals surface area contributed by atoms with Gasteiger partial charge >= 0.3 is 5.97 Å². The second-order valence-corrected chi connectivity index (χ2v) is 5.60. The van der Waals surface area contributed by atoms with E-state index in [1.807, 2.05) is 4.89 Å². The minimum atomic E-state index is -3.96. The predicted molar refractivity (Wildman–Crippen MR) is 61.6 cm³/mol. The Morgan fingerprint density at radius 1 is 1.44 bits per heavy atom. The van der Waals surface area contributed by atoms with Crippen LogP contribution in [-0.4, -0.2) is 46.8 Å². The molecule has 10 heteroatoms. The molecule has 1 N–H and O–H groups in total. The van der Waals surface area contributed by atoms with Gasteiger partial charge in [0, 0.05) is 7.11 Å². The summed E-state index contributed by atoms with van der Waals surface area (Å²) in [5.74, 6) is -0.825. The zero-order valence-corrected chi connectivity index (χ0v) is 11.3. The molecule has 1 rings (SSSR count). The van der Waals surface area contributed by atoms with Crippen molar-refractivity contribution in [3.63, 3.8) is 0 Å². The Labute approximate surface area is 108 Å². The molecule has 0 aliphatic carbocycles. The van der Waals surface area contributed by atoms with Crippen LogP contribution in [0.1, 0.15) is 10.5 Å². The van der Waals surface area contributed by atoms with Crippen molar-refractivity contribution >= 4 is 27.3 Å². The van der Waals surface area contributed by atoms with Gasteiger partial charge in [-0.1, -0.05) is 4.89 Å². The molecular weight excluding hydrogens is 284 g/mol. The highest BCUT2D eigenvalue weighted by atomic mass is 32.2. The Kier molecular flexibility index (Phi) is 5.62. The molecule has 1 aromatic heterocycles. The number of methoxy groups -OCH3 is 2. The molecule has 1 aromatic rings. The van der Waals surface area contributed by atoms with E-state index in [9.17, 15) is 13.2 Å². The summed E-state index contributed by atoms with van der Waals surface area (Å²) in [5.41, 5.74) is 0.959. The van der Waals surface area contributed by atoms with Crippen molar-refractivity contribution < 1.29 is 27.5 Å². The van der Waals surface area contributed by atoms with E-state index in [1.54, 1.807) is 0 Å². The van der Waals surface area contributed by atoms with Gasteiger partial charge in [-0.3, -0.25) is 4.84 Å². The lowest BCUT2D eigenvalue weighted by Gasteiger charge is -2.05. The number of thiazole rings is 1. The molecule has 0 unspecified atom stereocenters. The molecule has 0 saturated carbocycles. The molecule has 0 atom stereocenters. The van der Waals surface area contributed by atoms with Gasteiger partial charge in [0.15, 0.2) is 9.90 Å². The maximum Gasteiger partial charge on any atom is 0.358 e. The van der Waals surface area contributed by atoms with Gasteiger partial charge in [0.2, 0.25) is 0 Å². The van der Waals surface area contributed by atoms with Crippen LogP contribution in [0, 0.1) is 0 Å². The van der Waals surface area contributed by atoms with Gasteiger partial charge in [0.25, 0.3) is 10.0 Å². The van der Waals surface area contributed by atoms with Crippen LogP contribution in [0.15, 0.2) is 9.72 Å². The third kappa shape index (κ3) is 3.71. The largest absolute Gasteiger partial charge is 0.464 e. The van der Waals surface area contributed by atoms with Crippen LogP contribution in [-0.2, 0) is 24.3 Å². The first-order valence-electron chi connectivity index (χ1n) is 4.67. The fraction of sp³-hybridized carbons (Fsp3) is 0.500. The van der Waals surface area contributed by atoms with Crippen LogP contribution in [0.5, 0.6) is 0 Å². The van der Waals surface area contributed by atoms with Crippen molar-refractivity contribution in [3.05, 3.63) is 11.2 Å². The third-order valence-electron chi connectivity index (χ3n) is 1.72. The number of carbonyl (C=O) groups excluding carboxylic acids is 1. The summed E-state index contributed by atoms with van der Waals surface area (Å²) in [5, 5.41) is 0. The number of carbonyl (C=O) groups is 1. The summed E-state index contributed by atoms with van der Waals surface area (Å²) in [6.07, 6.45) is 0. The zero-order chi connectivity index (χ0) is 13.6. The summed E-state index contributed by atoms with van der Waals surface area (Å²) >= 11 is 0.790. The monoisotopic (exact) mass is 296 g/mol. The summed E-state index contributed by atoms with van der Waals surface area (Å²) in [6, 6.07) is 0. The second-order valence-electron chi connectivity index (χ2n) is 2.91. The third-order valence-corrected chi connectivity index (χ3v) is 4.30. The molecule has 102 valence electrons. The van der Waals surface area contributed by atoms with Gasteiger partial charge in [0.05, 0.1) is 25.8 Å². The lowest BCUT2D eigenvalue weighted by atomic mass is 10.5. The molecule has 18 heavy (non-hydrogen) atoms. The summed E-state index contributed by atoms with van der Waals surface area (Å²) in [7, 11) is -1.36. The van der Waals surface area contributed by atoms with E-state index in [0.717, 1.165) is 18.4 Å². The number of nitrogens with one attached hydrogen (secondary N) is 1. The first-order chi connectivity index (χ1) is 8.53. The highest BCUT2D eigenvalue weighted by Gasteiger charge is 2.26. The van der Waals surface area contributed by atoms with Gasteiger partial charge in [0.1, 0.15) is 0 Å². The number of aromatic nitrogens is 1. The molecule has 0 radical (unpaired) electrons. The lowest BCUT2D eigenvalue weighted by molar-refractivity contribution is 0.0438. The number of hydrogen-bond donors (Lipinski definition) is 1. The van der Waals surface area contributed by atoms with E-state index in [2.05, 4.69) is 14.5 Å². The molecule has 0 bridgehead atoms. The Morgan fingerprint density at radius 2 is 2.17 bits per heavy atom. The van der Waals surface area contributed by atoms with Gasteiger partial charge in [-0.05, 0) is 0 Å². The van der Waals surface area contributed by atoms with E-state index < -0.39 is 16.0 Å². The molecular formula is C8H12N2O6S2. The molecule has 8 nitrogen and oxygen atoms in total. The Morgan fingerprint density at radius 3 is 2.78 bits per heavy atom. The van der Waals surface area contributed by atoms with Gasteiger partial charge in [-0.15, -0.1) is 11.3 Å². The van der Waals surface area contributed by atoms with E-state index in [-0.39, 0.29) is 23.1 Å². The highest BCUT2D eigenvalue weighted by molar-refractivity contribution is 7.91. The molecule has 0 aliphatic rings. The average molecular weight is 296 g/mol. The SMILES string of the molecule is COCCONS(=O)(=O)c1scnc1C(=O)OC. The quantitative estimate of drug-likeness (QED) is 0.421. The van der Waals surface area contributed by atoms with Crippen molar-refractivity contribution in [2.24, 2.45) is 0 Å². The minimum absolute atomic E-state index is 0.0437. The topological polar surface area (TPSA) is 104 Å². The van der Waals surface area contributed by atoms with Gasteiger partial charge in [-0.25, -0.2) is 18.2 Å². The van der Waals surface area contributed by atoms with Crippen LogP contribution >= 0.6 is 11.3 Å². The average Bonchev–Trinajstić information content (AvgIpc) is 2.83. The molecule has 0 fully saturated rings. The molecule has 0 saturated heterocycles. The van der Waals surface area contributed by atoms with Crippen molar-refractivity contribution in [2.75, 3.05) is 27.4 Å². The van der Waals surface area contributed by atoms with Crippen LogP contribution in [0.3, 0.4) is 0 Å². The Bertz CT molecular complexity index is 497. The van der Waals surface area contributed by atoms with Crippen LogP contribution in [0.2, 0.25) is 0 Å². The molecule has 0 amide bonds. The predicted octanol–water partition coefficient (Wildman–Crippen LogP) is -0.214. The van der Waals surface area contributed by atoms with Crippen molar-refractivity contribution in [2.45, 2.75) is 4.21 Å².